The zero-order valence-electron chi connectivity index (χ0n) is 34.3. The summed E-state index contributed by atoms with van der Waals surface area (Å²) in [6.07, 6.45) is 4.05. The van der Waals surface area contributed by atoms with Crippen LogP contribution in [0.3, 0.4) is 0 Å². The summed E-state index contributed by atoms with van der Waals surface area (Å²) in [5.74, 6) is -3.16. The summed E-state index contributed by atoms with van der Waals surface area (Å²) < 4.78 is 60.9. The molecule has 7 atom stereocenters. The maximum atomic E-state index is 15.3. The summed E-state index contributed by atoms with van der Waals surface area (Å²) >= 11 is 0. The van der Waals surface area contributed by atoms with Crippen LogP contribution in [0.5, 0.6) is 17.4 Å². The molecule has 0 radical (unpaired) electrons. The molecule has 1 saturated heterocycles. The number of halogens is 1. The van der Waals surface area contributed by atoms with Gasteiger partial charge in [0, 0.05) is 23.3 Å². The molecule has 7 rings (SSSR count). The van der Waals surface area contributed by atoms with Gasteiger partial charge in [-0.15, -0.1) is 0 Å². The minimum atomic E-state index is -3.96. The van der Waals surface area contributed by atoms with Crippen molar-refractivity contribution in [2.75, 3.05) is 13.7 Å². The van der Waals surface area contributed by atoms with E-state index < -0.39 is 80.5 Å². The first kappa shape index (κ1) is 42.7. The number of benzene rings is 2. The molecule has 2 aliphatic heterocycles. The van der Waals surface area contributed by atoms with E-state index in [1.807, 2.05) is 45.1 Å². The standard InChI is InChI=1S/C43H52FN5O10S/c1-23(2)58-29-12-10-26(11-13-29)34-17-27-18-36(57-5)33(44)20-32(27)39(45-34)59-30-19-35-38(50)47-43(41(52)48-60(55,56)31-14-15-31)21-28(43)9-7-6-8-24(3)16-25(4)37(46-42(53)54)40(51)49(35)22-30/h7,9-13,17-18,20,23-25,28,30-31,35,37,46H,6,8,14-16,19,21-22H2,1-5H3,(H,47,50)(H,48,52)(H,53,54)/t24-,25+,28+,30+,35-,37-,43+/m0/s1. The molecule has 0 unspecified atom stereocenters. The first-order valence-corrected chi connectivity index (χ1v) is 22.0. The summed E-state index contributed by atoms with van der Waals surface area (Å²) in [7, 11) is -2.61. The fourth-order valence-electron chi connectivity index (χ4n) is 8.38. The van der Waals surface area contributed by atoms with Gasteiger partial charge in [0.2, 0.25) is 27.7 Å². The number of fused-ring (bicyclic) bond motifs is 3. The van der Waals surface area contributed by atoms with Gasteiger partial charge in [0.25, 0.3) is 5.91 Å². The monoisotopic (exact) mass is 849 g/mol. The van der Waals surface area contributed by atoms with Crippen LogP contribution in [0.25, 0.3) is 22.0 Å². The lowest BCUT2D eigenvalue weighted by Gasteiger charge is -2.32. The van der Waals surface area contributed by atoms with E-state index in [4.69, 9.17) is 19.2 Å². The van der Waals surface area contributed by atoms with E-state index in [0.29, 0.717) is 59.9 Å². The minimum absolute atomic E-state index is 0.00292. The maximum absolute atomic E-state index is 15.3. The lowest BCUT2D eigenvalue weighted by Crippen LogP contribution is -2.59. The quantitative estimate of drug-likeness (QED) is 0.193. The molecule has 4 aliphatic rings. The molecule has 0 bridgehead atoms. The van der Waals surface area contributed by atoms with Crippen molar-refractivity contribution in [3.8, 4) is 28.6 Å². The number of pyridine rings is 1. The van der Waals surface area contributed by atoms with Crippen LogP contribution in [0.2, 0.25) is 0 Å². The highest BCUT2D eigenvalue weighted by Crippen LogP contribution is 2.46. The summed E-state index contributed by atoms with van der Waals surface area (Å²) in [6, 6.07) is 9.27. The van der Waals surface area contributed by atoms with Crippen LogP contribution in [0.15, 0.2) is 54.6 Å². The number of methoxy groups -OCH3 is 1. The molecule has 15 nitrogen and oxygen atoms in total. The Morgan fingerprint density at radius 3 is 2.47 bits per heavy atom. The highest BCUT2D eigenvalue weighted by Gasteiger charge is 2.62. The van der Waals surface area contributed by atoms with Gasteiger partial charge in [-0.05, 0) is 112 Å². The highest BCUT2D eigenvalue weighted by molar-refractivity contribution is 7.91. The number of carbonyl (C=O) groups excluding carboxylic acids is 3. The average Bonchev–Trinajstić information content (AvgIpc) is 4.12. The SMILES string of the molecule is COc1cc2cc(-c3ccc(OC(C)C)cc3)nc(O[C@@H]3C[C@H]4C(=O)N[C@]5(C(=O)NS(=O)(=O)C6CC6)C[C@H]5C=CCC[C@H](C)C[C@@H](C)[C@H](NC(=O)O)C(=O)N4C3)c2cc1F. The van der Waals surface area contributed by atoms with Crippen molar-refractivity contribution in [1.82, 2.24) is 25.2 Å². The lowest BCUT2D eigenvalue weighted by atomic mass is 9.88. The Bertz CT molecular complexity index is 2300. The number of allylic oxidation sites excluding steroid dienone is 1. The number of nitrogens with zero attached hydrogens (tertiary/aromatic N) is 2. The fourth-order valence-corrected chi connectivity index (χ4v) is 9.75. The number of carbonyl (C=O) groups is 4. The van der Waals surface area contributed by atoms with Gasteiger partial charge in [0.1, 0.15) is 29.5 Å². The number of sulfonamides is 1. The molecular weight excluding hydrogens is 798 g/mol. The van der Waals surface area contributed by atoms with Gasteiger partial charge >= 0.3 is 6.09 Å². The Hall–Kier alpha value is -5.45. The molecule has 2 aliphatic carbocycles. The van der Waals surface area contributed by atoms with Crippen molar-refractivity contribution in [2.24, 2.45) is 17.8 Å². The van der Waals surface area contributed by atoms with Gasteiger partial charge in [0.05, 0.1) is 30.7 Å². The zero-order valence-corrected chi connectivity index (χ0v) is 35.1. The van der Waals surface area contributed by atoms with E-state index >= 15 is 4.39 Å². The average molecular weight is 850 g/mol. The molecule has 60 heavy (non-hydrogen) atoms. The van der Waals surface area contributed by atoms with Crippen molar-refractivity contribution in [1.29, 1.82) is 0 Å². The lowest BCUT2D eigenvalue weighted by molar-refractivity contribution is -0.142. The van der Waals surface area contributed by atoms with Gasteiger partial charge in [-0.1, -0.05) is 26.0 Å². The number of ether oxygens (including phenoxy) is 3. The Morgan fingerprint density at radius 2 is 1.80 bits per heavy atom. The van der Waals surface area contributed by atoms with Crippen LogP contribution >= 0.6 is 0 Å². The van der Waals surface area contributed by atoms with Gasteiger partial charge in [-0.3, -0.25) is 19.1 Å². The van der Waals surface area contributed by atoms with Gasteiger partial charge in [0.15, 0.2) is 11.6 Å². The zero-order chi connectivity index (χ0) is 43.1. The highest BCUT2D eigenvalue weighted by atomic mass is 32.2. The third-order valence-corrected chi connectivity index (χ3v) is 13.6. The van der Waals surface area contributed by atoms with Crippen LogP contribution in [0, 0.1) is 23.6 Å². The Balaban J connectivity index is 1.25. The van der Waals surface area contributed by atoms with Crippen molar-refractivity contribution in [2.45, 2.75) is 108 Å². The molecule has 322 valence electrons. The summed E-state index contributed by atoms with van der Waals surface area (Å²) in [5, 5.41) is 15.2. The first-order chi connectivity index (χ1) is 28.5. The fraction of sp³-hybridized carbons (Fsp3) is 0.512. The largest absolute Gasteiger partial charge is 0.494 e. The van der Waals surface area contributed by atoms with E-state index in [0.717, 1.165) is 0 Å². The van der Waals surface area contributed by atoms with E-state index in [2.05, 4.69) is 15.4 Å². The van der Waals surface area contributed by atoms with Crippen LogP contribution in [-0.4, -0.2) is 96.0 Å². The topological polar surface area (TPSA) is 203 Å². The van der Waals surface area contributed by atoms with Crippen molar-refractivity contribution in [3.05, 3.63) is 60.4 Å². The molecule has 2 saturated carbocycles. The molecule has 3 fully saturated rings. The van der Waals surface area contributed by atoms with Crippen molar-refractivity contribution >= 4 is 44.6 Å². The first-order valence-electron chi connectivity index (χ1n) is 20.4. The number of rotatable bonds is 10. The molecule has 1 aromatic heterocycles. The van der Waals surface area contributed by atoms with E-state index in [9.17, 15) is 32.7 Å². The molecule has 0 spiro atoms. The second-order valence-electron chi connectivity index (χ2n) is 16.9. The van der Waals surface area contributed by atoms with Gasteiger partial charge in [-0.2, -0.15) is 0 Å². The Labute approximate surface area is 348 Å². The molecule has 3 heterocycles. The Morgan fingerprint density at radius 1 is 1.07 bits per heavy atom. The molecule has 3 aromatic rings. The predicted molar refractivity (Wildman–Crippen MR) is 219 cm³/mol. The number of amides is 4. The van der Waals surface area contributed by atoms with E-state index in [-0.39, 0.29) is 43.0 Å². The molecule has 2 aromatic carbocycles. The van der Waals surface area contributed by atoms with Crippen LogP contribution in [0.1, 0.15) is 72.6 Å². The molecule has 4 amide bonds. The number of carboxylic acid groups (broad SMARTS) is 1. The molecule has 17 heteroatoms. The van der Waals surface area contributed by atoms with Crippen molar-refractivity contribution < 1.29 is 51.3 Å². The van der Waals surface area contributed by atoms with Crippen LogP contribution < -0.4 is 29.6 Å². The van der Waals surface area contributed by atoms with Crippen LogP contribution in [-0.2, 0) is 24.4 Å². The number of aromatic nitrogens is 1. The second kappa shape index (κ2) is 16.9. The third kappa shape index (κ3) is 9.15. The van der Waals surface area contributed by atoms with Gasteiger partial charge < -0.3 is 34.9 Å². The summed E-state index contributed by atoms with van der Waals surface area (Å²) in [5.41, 5.74) is -0.431. The summed E-state index contributed by atoms with van der Waals surface area (Å²) in [4.78, 5) is 61.1. The van der Waals surface area contributed by atoms with Gasteiger partial charge in [-0.25, -0.2) is 22.6 Å². The van der Waals surface area contributed by atoms with E-state index in [1.54, 1.807) is 25.1 Å². The number of hydrogen-bond acceptors (Lipinski definition) is 10. The third-order valence-electron chi connectivity index (χ3n) is 11.8. The summed E-state index contributed by atoms with van der Waals surface area (Å²) in [6.45, 7) is 7.43. The predicted octanol–water partition coefficient (Wildman–Crippen LogP) is 5.32. The molecule has 4 N–H and O–H groups in total. The molecular formula is C43H52FN5O10S. The normalized spacial score (nSPS) is 27.2. The Kier molecular flexibility index (Phi) is 12.0. The minimum Gasteiger partial charge on any atom is -0.494 e. The van der Waals surface area contributed by atoms with Crippen LogP contribution in [0.4, 0.5) is 9.18 Å². The van der Waals surface area contributed by atoms with E-state index in [1.165, 1.54) is 24.1 Å². The van der Waals surface area contributed by atoms with Crippen molar-refractivity contribution in [3.63, 3.8) is 0 Å². The number of hydrogen-bond donors (Lipinski definition) is 4. The maximum Gasteiger partial charge on any atom is 0.405 e. The number of nitrogens with one attached hydrogen (secondary N) is 3. The smallest absolute Gasteiger partial charge is 0.405 e. The second-order valence-corrected chi connectivity index (χ2v) is 18.9.